The number of hydrogen-bond donors (Lipinski definition) is 1. The van der Waals surface area contributed by atoms with E-state index in [2.05, 4.69) is 16.2 Å². The van der Waals surface area contributed by atoms with E-state index in [-0.39, 0.29) is 18.4 Å². The molecule has 0 bridgehead atoms. The van der Waals surface area contributed by atoms with Crippen LogP contribution >= 0.6 is 0 Å². The molecule has 1 N–H and O–H groups in total. The number of carbonyl (C=O) groups excluding carboxylic acids is 2. The number of hydrogen-bond acceptors (Lipinski definition) is 3. The lowest BCUT2D eigenvalue weighted by molar-refractivity contribution is -0.157. The Bertz CT molecular complexity index is 1070. The molecule has 0 aliphatic carbocycles. The minimum atomic E-state index is -0.495. The van der Waals surface area contributed by atoms with Crippen LogP contribution < -0.4 is 0 Å². The molecule has 5 rings (SSSR count). The van der Waals surface area contributed by atoms with Crippen molar-refractivity contribution in [2.45, 2.75) is 19.0 Å². The smallest absolute Gasteiger partial charge is 0.266 e. The van der Waals surface area contributed by atoms with Gasteiger partial charge in [0.25, 0.3) is 5.91 Å². The van der Waals surface area contributed by atoms with Crippen molar-refractivity contribution in [3.8, 4) is 0 Å². The summed E-state index contributed by atoms with van der Waals surface area (Å²) in [7, 11) is 0. The lowest BCUT2D eigenvalue weighted by Crippen LogP contribution is -2.60. The Morgan fingerprint density at radius 1 is 1.00 bits per heavy atom. The summed E-state index contributed by atoms with van der Waals surface area (Å²) in [6.45, 7) is 0.420. The number of hydrazone groups is 1. The highest BCUT2D eigenvalue weighted by Gasteiger charge is 2.43. The van der Waals surface area contributed by atoms with Crippen molar-refractivity contribution in [1.82, 2.24) is 14.9 Å². The molecule has 134 valence electrons. The van der Waals surface area contributed by atoms with Crippen molar-refractivity contribution < 1.29 is 9.59 Å². The van der Waals surface area contributed by atoms with Gasteiger partial charge in [0, 0.05) is 23.0 Å². The van der Waals surface area contributed by atoms with Crippen molar-refractivity contribution in [3.05, 3.63) is 71.4 Å². The third kappa shape index (κ3) is 2.61. The minimum Gasteiger partial charge on any atom is -0.357 e. The molecule has 3 aromatic rings. The summed E-state index contributed by atoms with van der Waals surface area (Å²) in [5.41, 5.74) is 4.08. The van der Waals surface area contributed by atoms with Crippen molar-refractivity contribution in [2.75, 3.05) is 6.54 Å². The van der Waals surface area contributed by atoms with E-state index in [9.17, 15) is 9.59 Å². The van der Waals surface area contributed by atoms with E-state index in [0.29, 0.717) is 13.0 Å². The molecule has 0 spiro atoms. The van der Waals surface area contributed by atoms with Gasteiger partial charge in [0.1, 0.15) is 12.6 Å². The van der Waals surface area contributed by atoms with Gasteiger partial charge in [-0.25, -0.2) is 5.01 Å². The van der Waals surface area contributed by atoms with E-state index in [1.54, 1.807) is 11.1 Å². The van der Waals surface area contributed by atoms with Crippen LogP contribution in [0.15, 0.2) is 59.7 Å². The summed E-state index contributed by atoms with van der Waals surface area (Å²) in [5.74, 6) is -0.202. The molecule has 1 aromatic heterocycles. The van der Waals surface area contributed by atoms with Gasteiger partial charge in [-0.3, -0.25) is 9.59 Å². The Morgan fingerprint density at radius 2 is 1.78 bits per heavy atom. The maximum atomic E-state index is 13.0. The molecule has 6 heteroatoms. The first-order valence-corrected chi connectivity index (χ1v) is 8.99. The van der Waals surface area contributed by atoms with Crippen LogP contribution in [0.3, 0.4) is 0 Å². The lowest BCUT2D eigenvalue weighted by Gasteiger charge is -2.40. The normalized spacial score (nSPS) is 19.6. The van der Waals surface area contributed by atoms with Gasteiger partial charge in [0.05, 0.1) is 12.8 Å². The largest absolute Gasteiger partial charge is 0.357 e. The van der Waals surface area contributed by atoms with E-state index >= 15 is 0 Å². The SMILES string of the molecule is O=C1[C@@H]2Cc3c([nH]c4ccccc34)CN2C(=O)CN1N=Cc1ccccc1. The van der Waals surface area contributed by atoms with Gasteiger partial charge in [-0.15, -0.1) is 0 Å². The molecule has 6 nitrogen and oxygen atoms in total. The fourth-order valence-corrected chi connectivity index (χ4v) is 3.93. The summed E-state index contributed by atoms with van der Waals surface area (Å²) in [6.07, 6.45) is 2.14. The van der Waals surface area contributed by atoms with E-state index in [1.807, 2.05) is 48.5 Å². The van der Waals surface area contributed by atoms with Gasteiger partial charge in [-0.05, 0) is 17.2 Å². The van der Waals surface area contributed by atoms with Crippen LogP contribution in [0.25, 0.3) is 10.9 Å². The second-order valence-corrected chi connectivity index (χ2v) is 6.92. The highest BCUT2D eigenvalue weighted by Crippen LogP contribution is 2.32. The highest BCUT2D eigenvalue weighted by atomic mass is 16.2. The Morgan fingerprint density at radius 3 is 2.63 bits per heavy atom. The number of fused-ring (bicyclic) bond motifs is 4. The van der Waals surface area contributed by atoms with Crippen LogP contribution in [0.5, 0.6) is 0 Å². The van der Waals surface area contributed by atoms with E-state index in [4.69, 9.17) is 0 Å². The summed E-state index contributed by atoms with van der Waals surface area (Å²) in [4.78, 5) is 30.7. The molecule has 2 aliphatic heterocycles. The predicted molar refractivity (Wildman–Crippen MR) is 102 cm³/mol. The number of carbonyl (C=O) groups is 2. The molecular weight excluding hydrogens is 340 g/mol. The summed E-state index contributed by atoms with van der Waals surface area (Å²) < 4.78 is 0. The number of nitrogens with one attached hydrogen (secondary N) is 1. The first-order chi connectivity index (χ1) is 13.2. The quantitative estimate of drug-likeness (QED) is 0.714. The number of aromatic amines is 1. The van der Waals surface area contributed by atoms with Gasteiger partial charge >= 0.3 is 0 Å². The van der Waals surface area contributed by atoms with Crippen molar-refractivity contribution >= 4 is 28.9 Å². The van der Waals surface area contributed by atoms with Crippen LogP contribution in [0.1, 0.15) is 16.8 Å². The molecule has 0 radical (unpaired) electrons. The fourth-order valence-electron chi connectivity index (χ4n) is 3.93. The highest BCUT2D eigenvalue weighted by molar-refractivity contribution is 5.97. The molecule has 0 unspecified atom stereocenters. The van der Waals surface area contributed by atoms with Crippen LogP contribution in [0.2, 0.25) is 0 Å². The lowest BCUT2D eigenvalue weighted by atomic mass is 9.94. The maximum Gasteiger partial charge on any atom is 0.266 e. The van der Waals surface area contributed by atoms with Gasteiger partial charge in [0.2, 0.25) is 5.91 Å². The maximum absolute atomic E-state index is 13.0. The molecule has 1 fully saturated rings. The van der Waals surface area contributed by atoms with Gasteiger partial charge < -0.3 is 9.88 Å². The van der Waals surface area contributed by atoms with E-state index in [0.717, 1.165) is 27.7 Å². The van der Waals surface area contributed by atoms with Gasteiger partial charge in [-0.2, -0.15) is 5.10 Å². The molecule has 1 saturated heterocycles. The van der Waals surface area contributed by atoms with Crippen LogP contribution in [-0.2, 0) is 22.6 Å². The van der Waals surface area contributed by atoms with Gasteiger partial charge in [0.15, 0.2) is 0 Å². The Labute approximate surface area is 156 Å². The number of nitrogens with zero attached hydrogens (tertiary/aromatic N) is 3. The number of amides is 2. The molecule has 2 aromatic carbocycles. The van der Waals surface area contributed by atoms with E-state index < -0.39 is 6.04 Å². The number of piperazine rings is 1. The van der Waals surface area contributed by atoms with Crippen LogP contribution in [-0.4, -0.2) is 45.5 Å². The molecule has 1 atom stereocenters. The number of para-hydroxylation sites is 1. The first kappa shape index (κ1) is 15.8. The fraction of sp³-hybridized carbons (Fsp3) is 0.190. The predicted octanol–water partition coefficient (Wildman–Crippen LogP) is 2.30. The van der Waals surface area contributed by atoms with Gasteiger partial charge in [-0.1, -0.05) is 48.5 Å². The minimum absolute atomic E-state index is 0.0196. The average molecular weight is 358 g/mol. The zero-order valence-corrected chi connectivity index (χ0v) is 14.6. The molecule has 2 amide bonds. The van der Waals surface area contributed by atoms with Crippen molar-refractivity contribution in [1.29, 1.82) is 0 Å². The standard InChI is InChI=1S/C21H18N4O2/c26-20-13-25(22-11-14-6-2-1-3-7-14)21(27)19-10-16-15-8-4-5-9-17(15)23-18(16)12-24(19)20/h1-9,11,19,23H,10,12-13H2/t19-/m0/s1. The zero-order valence-electron chi connectivity index (χ0n) is 14.6. The van der Waals surface area contributed by atoms with Crippen LogP contribution in [0.4, 0.5) is 0 Å². The number of H-pyrrole nitrogens is 1. The Kier molecular flexibility index (Phi) is 3.57. The number of rotatable bonds is 2. The Balaban J connectivity index is 1.46. The van der Waals surface area contributed by atoms with Crippen molar-refractivity contribution in [2.24, 2.45) is 5.10 Å². The van der Waals surface area contributed by atoms with Crippen molar-refractivity contribution in [3.63, 3.8) is 0 Å². The third-order valence-electron chi connectivity index (χ3n) is 5.29. The summed E-state index contributed by atoms with van der Waals surface area (Å²) in [5, 5.41) is 6.71. The summed E-state index contributed by atoms with van der Waals surface area (Å²) in [6, 6.07) is 17.1. The monoisotopic (exact) mass is 358 g/mol. The topological polar surface area (TPSA) is 68.8 Å². The van der Waals surface area contributed by atoms with E-state index in [1.165, 1.54) is 5.01 Å². The number of aromatic nitrogens is 1. The molecule has 2 aliphatic rings. The number of benzene rings is 2. The zero-order chi connectivity index (χ0) is 18.4. The average Bonchev–Trinajstić information content (AvgIpc) is 3.07. The second kappa shape index (κ2) is 6.09. The second-order valence-electron chi connectivity index (χ2n) is 6.92. The first-order valence-electron chi connectivity index (χ1n) is 8.99. The molecule has 27 heavy (non-hydrogen) atoms. The molecule has 0 saturated carbocycles. The molecule has 3 heterocycles. The van der Waals surface area contributed by atoms with Crippen LogP contribution in [0, 0.1) is 0 Å². The summed E-state index contributed by atoms with van der Waals surface area (Å²) >= 11 is 0. The molecular formula is C21H18N4O2. The Hall–Kier alpha value is -3.41. The third-order valence-corrected chi connectivity index (χ3v) is 5.29.